The lowest BCUT2D eigenvalue weighted by Gasteiger charge is -1.98. The van der Waals surface area contributed by atoms with Gasteiger partial charge in [0.05, 0.1) is 10.7 Å². The minimum atomic E-state index is 0.361. The van der Waals surface area contributed by atoms with Crippen molar-refractivity contribution in [2.24, 2.45) is 0 Å². The molecular formula is C8H6Cl2N2O. The first-order valence-corrected chi connectivity index (χ1v) is 4.36. The molecule has 13 heavy (non-hydrogen) atoms. The molecule has 1 aromatic carbocycles. The molecule has 1 heterocycles. The van der Waals surface area contributed by atoms with Gasteiger partial charge in [-0.05, 0) is 6.07 Å². The first-order chi connectivity index (χ1) is 6.09. The number of aryl methyl sites for hydroxylation is 1. The quantitative estimate of drug-likeness (QED) is 0.690. The van der Waals surface area contributed by atoms with E-state index in [0.717, 1.165) is 0 Å². The highest BCUT2D eigenvalue weighted by Gasteiger charge is 2.13. The number of benzene rings is 1. The van der Waals surface area contributed by atoms with Crippen molar-refractivity contribution in [3.05, 3.63) is 22.0 Å². The Morgan fingerprint density at radius 2 is 2.15 bits per heavy atom. The van der Waals surface area contributed by atoms with E-state index >= 15 is 0 Å². The van der Waals surface area contributed by atoms with Gasteiger partial charge in [0, 0.05) is 6.92 Å². The molecule has 0 atom stereocenters. The Morgan fingerprint density at radius 1 is 1.46 bits per heavy atom. The lowest BCUT2D eigenvalue weighted by atomic mass is 10.3. The maximum absolute atomic E-state index is 5.89. The third kappa shape index (κ3) is 1.24. The molecule has 1 aromatic heterocycles. The lowest BCUT2D eigenvalue weighted by Crippen LogP contribution is -1.86. The standard InChI is InChI=1S/C8H6Cl2N2O/c1-3-12-7-4(9)2-5(11)6(10)8(7)13-3/h2H,11H2,1H3. The molecule has 0 aliphatic carbocycles. The Bertz CT molecular complexity index is 478. The van der Waals surface area contributed by atoms with E-state index in [2.05, 4.69) is 4.98 Å². The Morgan fingerprint density at radius 3 is 2.85 bits per heavy atom. The predicted octanol–water partition coefficient (Wildman–Crippen LogP) is 3.03. The second kappa shape index (κ2) is 2.79. The zero-order valence-corrected chi connectivity index (χ0v) is 8.28. The van der Waals surface area contributed by atoms with Gasteiger partial charge in [0.1, 0.15) is 10.5 Å². The Labute approximate surface area is 84.4 Å². The van der Waals surface area contributed by atoms with Crippen molar-refractivity contribution < 1.29 is 4.42 Å². The Hall–Kier alpha value is -0.930. The summed E-state index contributed by atoms with van der Waals surface area (Å²) in [6.45, 7) is 1.73. The maximum atomic E-state index is 5.89. The van der Waals surface area contributed by atoms with Crippen LogP contribution < -0.4 is 5.73 Å². The van der Waals surface area contributed by atoms with E-state index in [1.807, 2.05) is 0 Å². The molecule has 0 aliphatic rings. The van der Waals surface area contributed by atoms with Crippen LogP contribution in [0.1, 0.15) is 5.89 Å². The fraction of sp³-hybridized carbons (Fsp3) is 0.125. The van der Waals surface area contributed by atoms with Crippen LogP contribution in [-0.2, 0) is 0 Å². The van der Waals surface area contributed by atoms with Gasteiger partial charge in [-0.15, -0.1) is 0 Å². The van der Waals surface area contributed by atoms with Gasteiger partial charge in [0.15, 0.2) is 11.5 Å². The second-order valence-electron chi connectivity index (χ2n) is 2.67. The van der Waals surface area contributed by atoms with Crippen molar-refractivity contribution in [1.29, 1.82) is 0 Å². The first kappa shape index (κ1) is 8.66. The molecule has 0 saturated carbocycles. The molecule has 0 spiro atoms. The second-order valence-corrected chi connectivity index (χ2v) is 3.46. The number of hydrogen-bond donors (Lipinski definition) is 1. The summed E-state index contributed by atoms with van der Waals surface area (Å²) in [5, 5.41) is 0.814. The fourth-order valence-corrected chi connectivity index (χ4v) is 1.57. The summed E-state index contributed by atoms with van der Waals surface area (Å²) in [5.41, 5.74) is 6.99. The minimum Gasteiger partial charge on any atom is -0.439 e. The minimum absolute atomic E-state index is 0.361. The zero-order chi connectivity index (χ0) is 9.59. The molecule has 2 rings (SSSR count). The average Bonchev–Trinajstić information content (AvgIpc) is 2.44. The van der Waals surface area contributed by atoms with E-state index in [9.17, 15) is 0 Å². The third-order valence-electron chi connectivity index (χ3n) is 1.70. The van der Waals surface area contributed by atoms with Crippen molar-refractivity contribution >= 4 is 40.0 Å². The molecule has 0 radical (unpaired) electrons. The number of oxazole rings is 1. The van der Waals surface area contributed by atoms with Crippen LogP contribution in [0.15, 0.2) is 10.5 Å². The highest BCUT2D eigenvalue weighted by Crippen LogP contribution is 2.34. The molecule has 68 valence electrons. The average molecular weight is 217 g/mol. The fourth-order valence-electron chi connectivity index (χ4n) is 1.14. The largest absolute Gasteiger partial charge is 0.439 e. The van der Waals surface area contributed by atoms with E-state index in [0.29, 0.717) is 32.7 Å². The zero-order valence-electron chi connectivity index (χ0n) is 6.77. The summed E-state index contributed by atoms with van der Waals surface area (Å²) in [7, 11) is 0. The number of anilines is 1. The van der Waals surface area contributed by atoms with Gasteiger partial charge < -0.3 is 10.2 Å². The summed E-state index contributed by atoms with van der Waals surface area (Å²) in [4.78, 5) is 4.08. The van der Waals surface area contributed by atoms with Crippen molar-refractivity contribution in [2.75, 3.05) is 5.73 Å². The SMILES string of the molecule is Cc1nc2c(Cl)cc(N)c(Cl)c2o1. The van der Waals surface area contributed by atoms with Crippen LogP contribution >= 0.6 is 23.2 Å². The van der Waals surface area contributed by atoms with Crippen molar-refractivity contribution in [2.45, 2.75) is 6.92 Å². The molecule has 0 unspecified atom stereocenters. The third-order valence-corrected chi connectivity index (χ3v) is 2.37. The summed E-state index contributed by atoms with van der Waals surface area (Å²) in [5.74, 6) is 0.518. The summed E-state index contributed by atoms with van der Waals surface area (Å²) in [6, 6.07) is 1.56. The number of aromatic nitrogens is 1. The van der Waals surface area contributed by atoms with E-state index in [4.69, 9.17) is 33.4 Å². The molecule has 5 heteroatoms. The van der Waals surface area contributed by atoms with Crippen LogP contribution in [0.4, 0.5) is 5.69 Å². The number of halogens is 2. The molecule has 0 saturated heterocycles. The van der Waals surface area contributed by atoms with Crippen molar-refractivity contribution in [1.82, 2.24) is 4.98 Å². The van der Waals surface area contributed by atoms with Gasteiger partial charge in [-0.1, -0.05) is 23.2 Å². The normalized spacial score (nSPS) is 11.0. The van der Waals surface area contributed by atoms with Crippen LogP contribution in [0, 0.1) is 6.92 Å². The number of nitrogen functional groups attached to an aromatic ring is 1. The summed E-state index contributed by atoms with van der Waals surface area (Å²) in [6.07, 6.45) is 0. The smallest absolute Gasteiger partial charge is 0.192 e. The molecule has 2 N–H and O–H groups in total. The monoisotopic (exact) mass is 216 g/mol. The van der Waals surface area contributed by atoms with E-state index in [1.165, 1.54) is 0 Å². The molecule has 0 bridgehead atoms. The first-order valence-electron chi connectivity index (χ1n) is 3.60. The van der Waals surface area contributed by atoms with Crippen LogP contribution in [0.5, 0.6) is 0 Å². The van der Waals surface area contributed by atoms with Crippen LogP contribution in [0.3, 0.4) is 0 Å². The van der Waals surface area contributed by atoms with Gasteiger partial charge >= 0.3 is 0 Å². The molecule has 0 fully saturated rings. The topological polar surface area (TPSA) is 52.0 Å². The van der Waals surface area contributed by atoms with Gasteiger partial charge in [-0.25, -0.2) is 4.98 Å². The molecule has 3 nitrogen and oxygen atoms in total. The number of fused-ring (bicyclic) bond motifs is 1. The van der Waals surface area contributed by atoms with Crippen molar-refractivity contribution in [3.63, 3.8) is 0 Å². The number of rotatable bonds is 0. The molecule has 0 aliphatic heterocycles. The predicted molar refractivity (Wildman–Crippen MR) is 53.2 cm³/mol. The van der Waals surface area contributed by atoms with Gasteiger partial charge in [0.2, 0.25) is 0 Å². The van der Waals surface area contributed by atoms with Gasteiger partial charge in [-0.2, -0.15) is 0 Å². The van der Waals surface area contributed by atoms with Crippen LogP contribution in [-0.4, -0.2) is 4.98 Å². The summed E-state index contributed by atoms with van der Waals surface area (Å²) >= 11 is 11.8. The Balaban J connectivity index is 2.95. The number of nitrogens with two attached hydrogens (primary N) is 1. The van der Waals surface area contributed by atoms with E-state index < -0.39 is 0 Å². The maximum Gasteiger partial charge on any atom is 0.192 e. The van der Waals surface area contributed by atoms with Crippen molar-refractivity contribution in [3.8, 4) is 0 Å². The highest BCUT2D eigenvalue weighted by atomic mass is 35.5. The highest BCUT2D eigenvalue weighted by molar-refractivity contribution is 6.41. The Kier molecular flexibility index (Phi) is 1.86. The van der Waals surface area contributed by atoms with Gasteiger partial charge in [0.25, 0.3) is 0 Å². The molecule has 0 amide bonds. The van der Waals surface area contributed by atoms with E-state index in [1.54, 1.807) is 13.0 Å². The van der Waals surface area contributed by atoms with Crippen LogP contribution in [0.2, 0.25) is 10.0 Å². The number of hydrogen-bond acceptors (Lipinski definition) is 3. The lowest BCUT2D eigenvalue weighted by molar-refractivity contribution is 0.561. The molecular weight excluding hydrogens is 211 g/mol. The van der Waals surface area contributed by atoms with E-state index in [-0.39, 0.29) is 0 Å². The summed E-state index contributed by atoms with van der Waals surface area (Å²) < 4.78 is 5.25. The van der Waals surface area contributed by atoms with Crippen LogP contribution in [0.25, 0.3) is 11.1 Å². The van der Waals surface area contributed by atoms with Gasteiger partial charge in [-0.3, -0.25) is 0 Å². The number of nitrogens with zero attached hydrogens (tertiary/aromatic N) is 1. The molecule has 2 aromatic rings.